The molecule has 1 rings (SSSR count). The minimum absolute atomic E-state index is 0.0626. The van der Waals surface area contributed by atoms with Gasteiger partial charge in [0.05, 0.1) is 0 Å². The summed E-state index contributed by atoms with van der Waals surface area (Å²) in [5, 5.41) is 0. The third-order valence-electron chi connectivity index (χ3n) is 2.58. The van der Waals surface area contributed by atoms with Crippen LogP contribution in [-0.2, 0) is 11.2 Å². The Balaban J connectivity index is 2.56. The molecule has 0 radical (unpaired) electrons. The first-order valence-electron chi connectivity index (χ1n) is 6.60. The quantitative estimate of drug-likeness (QED) is 0.794. The highest BCUT2D eigenvalue weighted by molar-refractivity contribution is 5.92. The Morgan fingerprint density at radius 3 is 2.50 bits per heavy atom. The Labute approximate surface area is 119 Å². The molecule has 0 saturated heterocycles. The monoisotopic (exact) mass is 278 g/mol. The largest absolute Gasteiger partial charge is 0.444 e. The Morgan fingerprint density at radius 2 is 1.95 bits per heavy atom. The number of carbonyl (C=O) groups is 2. The van der Waals surface area contributed by atoms with Gasteiger partial charge in [0.25, 0.3) is 0 Å². The normalized spacial score (nSPS) is 11.1. The summed E-state index contributed by atoms with van der Waals surface area (Å²) in [6.45, 7) is 7.46. The number of likely N-dealkylation sites (N-methyl/N-ethyl adjacent to an activating group) is 1. The number of ether oxygens (including phenoxy) is 1. The van der Waals surface area contributed by atoms with Gasteiger partial charge in [-0.25, -0.2) is 9.78 Å². The summed E-state index contributed by atoms with van der Waals surface area (Å²) in [4.78, 5) is 28.8. The van der Waals surface area contributed by atoms with Crippen molar-refractivity contribution < 1.29 is 14.3 Å². The van der Waals surface area contributed by atoms with E-state index in [2.05, 4.69) is 4.98 Å². The van der Waals surface area contributed by atoms with Crippen molar-refractivity contribution in [2.24, 2.45) is 0 Å². The first-order valence-corrected chi connectivity index (χ1v) is 6.60. The van der Waals surface area contributed by atoms with E-state index in [4.69, 9.17) is 4.74 Å². The molecule has 0 saturated carbocycles. The molecule has 5 nitrogen and oxygen atoms in total. The molecule has 1 aromatic rings. The summed E-state index contributed by atoms with van der Waals surface area (Å²) in [5.74, 6) is -0.0626. The lowest BCUT2D eigenvalue weighted by molar-refractivity contribution is 0.0300. The highest BCUT2D eigenvalue weighted by Gasteiger charge is 2.19. The zero-order valence-electron chi connectivity index (χ0n) is 12.8. The molecule has 0 atom stereocenters. The van der Waals surface area contributed by atoms with Crippen LogP contribution in [0.1, 0.15) is 43.9 Å². The maximum atomic E-state index is 11.8. The second-order valence-corrected chi connectivity index (χ2v) is 5.72. The molecule has 0 aliphatic heterocycles. The molecule has 1 heterocycles. The van der Waals surface area contributed by atoms with Crippen LogP contribution in [0, 0.1) is 0 Å². The van der Waals surface area contributed by atoms with E-state index >= 15 is 0 Å². The van der Waals surface area contributed by atoms with E-state index < -0.39 is 5.60 Å². The molecule has 5 heteroatoms. The van der Waals surface area contributed by atoms with E-state index in [-0.39, 0.29) is 11.9 Å². The van der Waals surface area contributed by atoms with Crippen LogP contribution in [0.25, 0.3) is 0 Å². The van der Waals surface area contributed by atoms with Gasteiger partial charge in [0.1, 0.15) is 11.3 Å². The molecule has 0 aliphatic rings. The smallest absolute Gasteiger partial charge is 0.410 e. The van der Waals surface area contributed by atoms with Crippen LogP contribution >= 0.6 is 0 Å². The van der Waals surface area contributed by atoms with E-state index in [0.29, 0.717) is 18.7 Å². The lowest BCUT2D eigenvalue weighted by Crippen LogP contribution is -2.35. The SMILES string of the molecule is CC(=O)c1cccc(CCN(C)C(=O)OC(C)(C)C)n1. The maximum absolute atomic E-state index is 11.8. The Bertz CT molecular complexity index is 492. The number of hydrogen-bond acceptors (Lipinski definition) is 4. The fraction of sp³-hybridized carbons (Fsp3) is 0.533. The molecule has 1 amide bonds. The number of pyridine rings is 1. The Morgan fingerprint density at radius 1 is 1.30 bits per heavy atom. The van der Waals surface area contributed by atoms with Crippen LogP contribution in [0.5, 0.6) is 0 Å². The standard InChI is InChI=1S/C15H22N2O3/c1-11(18)13-8-6-7-12(16-13)9-10-17(5)14(19)20-15(2,3)4/h6-8H,9-10H2,1-5H3. The van der Waals surface area contributed by atoms with Gasteiger partial charge in [-0.05, 0) is 32.9 Å². The fourth-order valence-electron chi connectivity index (χ4n) is 1.53. The number of ketones is 1. The van der Waals surface area contributed by atoms with Gasteiger partial charge in [0.2, 0.25) is 0 Å². The average molecular weight is 278 g/mol. The number of hydrogen-bond donors (Lipinski definition) is 0. The summed E-state index contributed by atoms with van der Waals surface area (Å²) in [5.41, 5.74) is 0.730. The second kappa shape index (κ2) is 6.50. The van der Waals surface area contributed by atoms with Crippen LogP contribution < -0.4 is 0 Å². The predicted molar refractivity (Wildman–Crippen MR) is 76.8 cm³/mol. The van der Waals surface area contributed by atoms with Crippen LogP contribution in [0.4, 0.5) is 4.79 Å². The molecule has 110 valence electrons. The van der Waals surface area contributed by atoms with Gasteiger partial charge in [0, 0.05) is 32.6 Å². The lowest BCUT2D eigenvalue weighted by Gasteiger charge is -2.24. The van der Waals surface area contributed by atoms with Crippen molar-refractivity contribution in [3.05, 3.63) is 29.6 Å². The van der Waals surface area contributed by atoms with Crippen LogP contribution in [0.15, 0.2) is 18.2 Å². The van der Waals surface area contributed by atoms with Crippen LogP contribution in [-0.4, -0.2) is 41.0 Å². The first kappa shape index (κ1) is 16.1. The first-order chi connectivity index (χ1) is 9.19. The van der Waals surface area contributed by atoms with Crippen molar-refractivity contribution >= 4 is 11.9 Å². The molecule has 0 unspecified atom stereocenters. The van der Waals surface area contributed by atoms with Crippen LogP contribution in [0.3, 0.4) is 0 Å². The number of carbonyl (C=O) groups excluding carboxylic acids is 2. The molecule has 0 aromatic carbocycles. The molecule has 0 fully saturated rings. The van der Waals surface area contributed by atoms with E-state index in [1.54, 1.807) is 19.2 Å². The summed E-state index contributed by atoms with van der Waals surface area (Å²) >= 11 is 0. The third kappa shape index (κ3) is 5.38. The molecular formula is C15H22N2O3. The average Bonchev–Trinajstić information content (AvgIpc) is 2.34. The highest BCUT2D eigenvalue weighted by Crippen LogP contribution is 2.09. The van der Waals surface area contributed by atoms with Gasteiger partial charge in [-0.2, -0.15) is 0 Å². The Kier molecular flexibility index (Phi) is 5.25. The molecule has 0 spiro atoms. The van der Waals surface area contributed by atoms with Crippen molar-refractivity contribution in [3.63, 3.8) is 0 Å². The van der Waals surface area contributed by atoms with Gasteiger partial charge < -0.3 is 9.64 Å². The van der Waals surface area contributed by atoms with Crippen molar-refractivity contribution in [1.82, 2.24) is 9.88 Å². The highest BCUT2D eigenvalue weighted by atomic mass is 16.6. The van der Waals surface area contributed by atoms with Gasteiger partial charge in [0.15, 0.2) is 5.78 Å². The number of rotatable bonds is 4. The van der Waals surface area contributed by atoms with Gasteiger partial charge in [-0.1, -0.05) is 6.07 Å². The Hall–Kier alpha value is -1.91. The van der Waals surface area contributed by atoms with Crippen molar-refractivity contribution in [2.45, 2.75) is 39.7 Å². The van der Waals surface area contributed by atoms with E-state index in [0.717, 1.165) is 5.69 Å². The maximum Gasteiger partial charge on any atom is 0.410 e. The molecule has 0 N–H and O–H groups in total. The molecule has 1 aromatic heterocycles. The fourth-order valence-corrected chi connectivity index (χ4v) is 1.53. The van der Waals surface area contributed by atoms with Gasteiger partial charge in [-0.3, -0.25) is 4.79 Å². The van der Waals surface area contributed by atoms with E-state index in [1.165, 1.54) is 11.8 Å². The number of Topliss-reactive ketones (excluding diaryl/α,β-unsaturated/α-hetero) is 1. The second-order valence-electron chi connectivity index (χ2n) is 5.72. The summed E-state index contributed by atoms with van der Waals surface area (Å²) in [6.07, 6.45) is 0.219. The zero-order valence-corrected chi connectivity index (χ0v) is 12.8. The van der Waals surface area contributed by atoms with Crippen molar-refractivity contribution in [2.75, 3.05) is 13.6 Å². The summed E-state index contributed by atoms with van der Waals surface area (Å²) in [7, 11) is 1.68. The van der Waals surface area contributed by atoms with Crippen molar-refractivity contribution in [3.8, 4) is 0 Å². The topological polar surface area (TPSA) is 59.5 Å². The lowest BCUT2D eigenvalue weighted by atomic mass is 10.2. The minimum Gasteiger partial charge on any atom is -0.444 e. The van der Waals surface area contributed by atoms with Gasteiger partial charge in [-0.15, -0.1) is 0 Å². The summed E-state index contributed by atoms with van der Waals surface area (Å²) in [6, 6.07) is 5.32. The number of amides is 1. The van der Waals surface area contributed by atoms with Crippen molar-refractivity contribution in [1.29, 1.82) is 0 Å². The predicted octanol–water partition coefficient (Wildman–Crippen LogP) is 2.69. The van der Waals surface area contributed by atoms with Crippen LogP contribution in [0.2, 0.25) is 0 Å². The number of nitrogens with zero attached hydrogens (tertiary/aromatic N) is 2. The summed E-state index contributed by atoms with van der Waals surface area (Å²) < 4.78 is 5.26. The number of aromatic nitrogens is 1. The third-order valence-corrected chi connectivity index (χ3v) is 2.58. The molecule has 0 aliphatic carbocycles. The molecular weight excluding hydrogens is 256 g/mol. The van der Waals surface area contributed by atoms with E-state index in [9.17, 15) is 9.59 Å². The zero-order chi connectivity index (χ0) is 15.3. The molecule has 0 bridgehead atoms. The minimum atomic E-state index is -0.502. The van der Waals surface area contributed by atoms with Gasteiger partial charge >= 0.3 is 6.09 Å². The van der Waals surface area contributed by atoms with E-state index in [1.807, 2.05) is 26.8 Å². The molecule has 20 heavy (non-hydrogen) atoms.